The molecular weight excluding hydrogens is 311 g/mol. The number of pyridine rings is 1. The highest BCUT2D eigenvalue weighted by Gasteiger charge is 2.23. The Hall–Kier alpha value is -1.30. The highest BCUT2D eigenvalue weighted by Crippen LogP contribution is 2.30. The van der Waals surface area contributed by atoms with Crippen LogP contribution < -0.4 is 5.73 Å². The third-order valence-electron chi connectivity index (χ3n) is 2.99. The molecule has 1 aromatic carbocycles. The molecule has 0 aliphatic carbocycles. The van der Waals surface area contributed by atoms with Gasteiger partial charge in [-0.05, 0) is 45.8 Å². The van der Waals surface area contributed by atoms with E-state index in [0.29, 0.717) is 15.7 Å². The molecule has 0 saturated carbocycles. The van der Waals surface area contributed by atoms with Crippen LogP contribution in [0.25, 0.3) is 0 Å². The normalized spacial score (nSPS) is 14.1. The summed E-state index contributed by atoms with van der Waals surface area (Å²) in [5, 5.41) is 10.3. The maximum atomic E-state index is 13.5. The van der Waals surface area contributed by atoms with Crippen LogP contribution in [0.3, 0.4) is 0 Å². The lowest BCUT2D eigenvalue weighted by Crippen LogP contribution is -2.21. The molecule has 2 aromatic rings. The molecule has 100 valence electrons. The predicted octanol–water partition coefficient (Wildman–Crippen LogP) is 2.76. The number of aromatic nitrogens is 1. The number of benzene rings is 1. The molecule has 19 heavy (non-hydrogen) atoms. The van der Waals surface area contributed by atoms with E-state index in [4.69, 9.17) is 5.73 Å². The molecule has 0 saturated heterocycles. The maximum absolute atomic E-state index is 13.5. The molecule has 0 fully saturated rings. The van der Waals surface area contributed by atoms with Gasteiger partial charge in [0.05, 0.1) is 10.6 Å². The Balaban J connectivity index is 2.30. The molecule has 5 heteroatoms. The molecule has 0 amide bonds. The number of rotatable bonds is 4. The molecule has 0 aliphatic heterocycles. The van der Waals surface area contributed by atoms with E-state index in [-0.39, 0.29) is 12.5 Å². The average Bonchev–Trinajstić information content (AvgIpc) is 2.44. The monoisotopic (exact) mass is 324 g/mol. The fourth-order valence-corrected chi connectivity index (χ4v) is 2.18. The molecule has 2 atom stereocenters. The highest BCUT2D eigenvalue weighted by molar-refractivity contribution is 9.10. The molecule has 0 spiro atoms. The summed E-state index contributed by atoms with van der Waals surface area (Å²) in [6.07, 6.45) is 0.759. The quantitative estimate of drug-likeness (QED) is 0.909. The van der Waals surface area contributed by atoms with Crippen LogP contribution in [0.2, 0.25) is 0 Å². The van der Waals surface area contributed by atoms with Gasteiger partial charge in [-0.2, -0.15) is 0 Å². The minimum absolute atomic E-state index is 0.232. The van der Waals surface area contributed by atoms with Gasteiger partial charge >= 0.3 is 0 Å². The van der Waals surface area contributed by atoms with E-state index >= 15 is 0 Å². The fourth-order valence-electron chi connectivity index (χ4n) is 1.94. The van der Waals surface area contributed by atoms with E-state index in [9.17, 15) is 9.50 Å². The summed E-state index contributed by atoms with van der Waals surface area (Å²) in [5.41, 5.74) is 6.89. The lowest BCUT2D eigenvalue weighted by Gasteiger charge is -2.21. The molecule has 3 nitrogen and oxygen atoms in total. The van der Waals surface area contributed by atoms with Crippen molar-refractivity contribution in [2.24, 2.45) is 5.73 Å². The van der Waals surface area contributed by atoms with Crippen molar-refractivity contribution in [3.05, 3.63) is 64.1 Å². The van der Waals surface area contributed by atoms with Crippen molar-refractivity contribution < 1.29 is 9.50 Å². The van der Waals surface area contributed by atoms with Crippen molar-refractivity contribution in [3.63, 3.8) is 0 Å². The van der Waals surface area contributed by atoms with Gasteiger partial charge in [-0.25, -0.2) is 4.39 Å². The van der Waals surface area contributed by atoms with Crippen LogP contribution in [-0.2, 0) is 0 Å². The zero-order chi connectivity index (χ0) is 13.8. The Morgan fingerprint density at radius 1 is 1.32 bits per heavy atom. The standard InChI is InChI=1S/C14H14BrFN2O/c15-11-5-4-9(7-12(11)16)14(19)10(8-17)13-3-1-2-6-18-13/h1-7,10,14,19H,8,17H2. The molecule has 1 heterocycles. The van der Waals surface area contributed by atoms with E-state index in [1.165, 1.54) is 6.07 Å². The highest BCUT2D eigenvalue weighted by atomic mass is 79.9. The smallest absolute Gasteiger partial charge is 0.137 e. The van der Waals surface area contributed by atoms with Gasteiger partial charge < -0.3 is 10.8 Å². The molecule has 0 radical (unpaired) electrons. The minimum Gasteiger partial charge on any atom is -0.388 e. The van der Waals surface area contributed by atoms with Gasteiger partial charge in [0.25, 0.3) is 0 Å². The summed E-state index contributed by atoms with van der Waals surface area (Å²) < 4.78 is 13.9. The average molecular weight is 325 g/mol. The Morgan fingerprint density at radius 3 is 2.68 bits per heavy atom. The second-order valence-corrected chi connectivity index (χ2v) is 5.07. The largest absolute Gasteiger partial charge is 0.388 e. The van der Waals surface area contributed by atoms with Gasteiger partial charge in [-0.3, -0.25) is 4.98 Å². The van der Waals surface area contributed by atoms with Crippen LogP contribution in [0.15, 0.2) is 47.1 Å². The topological polar surface area (TPSA) is 59.1 Å². The van der Waals surface area contributed by atoms with Gasteiger partial charge in [0.2, 0.25) is 0 Å². The van der Waals surface area contributed by atoms with Crippen LogP contribution in [0.4, 0.5) is 4.39 Å². The van der Waals surface area contributed by atoms with Crippen molar-refractivity contribution in [2.75, 3.05) is 6.54 Å². The van der Waals surface area contributed by atoms with E-state index in [0.717, 1.165) is 0 Å². The van der Waals surface area contributed by atoms with Gasteiger partial charge in [0.1, 0.15) is 5.82 Å². The lowest BCUT2D eigenvalue weighted by atomic mass is 9.92. The maximum Gasteiger partial charge on any atom is 0.137 e. The first-order valence-corrected chi connectivity index (χ1v) is 6.66. The summed E-state index contributed by atoms with van der Waals surface area (Å²) in [7, 11) is 0. The molecule has 2 unspecified atom stereocenters. The molecule has 1 aromatic heterocycles. The minimum atomic E-state index is -0.887. The number of halogens is 2. The molecule has 3 N–H and O–H groups in total. The molecule has 2 rings (SSSR count). The summed E-state index contributed by atoms with van der Waals surface area (Å²) in [5.74, 6) is -0.768. The SMILES string of the molecule is NCC(c1ccccn1)C(O)c1ccc(Br)c(F)c1. The second kappa shape index (κ2) is 6.23. The van der Waals surface area contributed by atoms with Crippen molar-refractivity contribution in [1.82, 2.24) is 4.98 Å². The van der Waals surface area contributed by atoms with Gasteiger partial charge in [-0.15, -0.1) is 0 Å². The van der Waals surface area contributed by atoms with E-state index < -0.39 is 11.9 Å². The van der Waals surface area contributed by atoms with Crippen LogP contribution >= 0.6 is 15.9 Å². The summed E-state index contributed by atoms with van der Waals surface area (Å²) in [4.78, 5) is 4.19. The third-order valence-corrected chi connectivity index (χ3v) is 3.63. The Kier molecular flexibility index (Phi) is 4.63. The number of hydrogen-bond donors (Lipinski definition) is 2. The number of nitrogens with zero attached hydrogens (tertiary/aromatic N) is 1. The lowest BCUT2D eigenvalue weighted by molar-refractivity contribution is 0.145. The Bertz CT molecular complexity index is 550. The second-order valence-electron chi connectivity index (χ2n) is 4.22. The van der Waals surface area contributed by atoms with E-state index in [1.807, 2.05) is 6.07 Å². The van der Waals surface area contributed by atoms with Crippen molar-refractivity contribution in [2.45, 2.75) is 12.0 Å². The van der Waals surface area contributed by atoms with Crippen LogP contribution in [0.5, 0.6) is 0 Å². The van der Waals surface area contributed by atoms with Gasteiger partial charge in [0.15, 0.2) is 0 Å². The third kappa shape index (κ3) is 3.18. The molecule has 0 bridgehead atoms. The van der Waals surface area contributed by atoms with Crippen LogP contribution in [-0.4, -0.2) is 16.6 Å². The van der Waals surface area contributed by atoms with Gasteiger partial charge in [-0.1, -0.05) is 12.1 Å². The van der Waals surface area contributed by atoms with Crippen molar-refractivity contribution in [1.29, 1.82) is 0 Å². The fraction of sp³-hybridized carbons (Fsp3) is 0.214. The summed E-state index contributed by atoms with van der Waals surface area (Å²) >= 11 is 3.08. The van der Waals surface area contributed by atoms with E-state index in [2.05, 4.69) is 20.9 Å². The van der Waals surface area contributed by atoms with Crippen molar-refractivity contribution in [3.8, 4) is 0 Å². The zero-order valence-corrected chi connectivity index (χ0v) is 11.7. The molecule has 0 aliphatic rings. The number of aliphatic hydroxyl groups excluding tert-OH is 1. The first-order chi connectivity index (χ1) is 9.13. The Morgan fingerprint density at radius 2 is 2.11 bits per heavy atom. The zero-order valence-electron chi connectivity index (χ0n) is 10.1. The predicted molar refractivity (Wildman–Crippen MR) is 75.1 cm³/mol. The number of aliphatic hydroxyl groups is 1. The first-order valence-electron chi connectivity index (χ1n) is 5.87. The first kappa shape index (κ1) is 14.1. The molecular formula is C14H14BrFN2O. The van der Waals surface area contributed by atoms with Crippen molar-refractivity contribution >= 4 is 15.9 Å². The van der Waals surface area contributed by atoms with Gasteiger partial charge in [0, 0.05) is 24.4 Å². The number of hydrogen-bond acceptors (Lipinski definition) is 3. The van der Waals surface area contributed by atoms with Crippen LogP contribution in [0, 0.1) is 5.82 Å². The Labute approximate surface area is 119 Å². The summed E-state index contributed by atoms with van der Waals surface area (Å²) in [6, 6.07) is 9.97. The number of nitrogens with two attached hydrogens (primary N) is 1. The summed E-state index contributed by atoms with van der Waals surface area (Å²) in [6.45, 7) is 0.232. The van der Waals surface area contributed by atoms with E-state index in [1.54, 1.807) is 30.5 Å². The van der Waals surface area contributed by atoms with Crippen LogP contribution in [0.1, 0.15) is 23.3 Å².